The van der Waals surface area contributed by atoms with Gasteiger partial charge in [0.2, 0.25) is 0 Å². The first kappa shape index (κ1) is 10.2. The highest BCUT2D eigenvalue weighted by Gasteiger charge is 1.97. The molecule has 1 aromatic rings. The van der Waals surface area contributed by atoms with Gasteiger partial charge in [-0.05, 0) is 24.3 Å². The Kier molecular flexibility index (Phi) is 3.67. The summed E-state index contributed by atoms with van der Waals surface area (Å²) in [4.78, 5) is 20.6. The van der Waals surface area contributed by atoms with Gasteiger partial charge in [0.25, 0.3) is 0 Å². The Hall–Kier alpha value is -1.84. The van der Waals surface area contributed by atoms with Crippen LogP contribution in [0, 0.1) is 0 Å². The minimum Gasteiger partial charge on any atom is -0.427 e. The highest BCUT2D eigenvalue weighted by Crippen LogP contribution is 2.15. The molecule has 0 amide bonds. The van der Waals surface area contributed by atoms with Crippen LogP contribution >= 0.6 is 0 Å². The molecule has 0 radical (unpaired) electrons. The van der Waals surface area contributed by atoms with E-state index in [0.717, 1.165) is 12.0 Å². The van der Waals surface area contributed by atoms with Gasteiger partial charge >= 0.3 is 5.97 Å². The zero-order chi connectivity index (χ0) is 10.4. The molecule has 0 aliphatic rings. The molecule has 0 aliphatic heterocycles. The standard InChI is InChI=1S/C10H11NO3/c1-8(13)14-10-4-2-9(3-5-10)11-6-7-12/h2-5,7,11H,6H2,1H3. The lowest BCUT2D eigenvalue weighted by molar-refractivity contribution is -0.131. The fraction of sp³-hybridized carbons (Fsp3) is 0.200. The van der Waals surface area contributed by atoms with E-state index in [1.54, 1.807) is 24.3 Å². The fourth-order valence-electron chi connectivity index (χ4n) is 0.966. The molecule has 1 N–H and O–H groups in total. The molecule has 0 heterocycles. The van der Waals surface area contributed by atoms with Crippen LogP contribution in [0.4, 0.5) is 5.69 Å². The molecule has 0 bridgehead atoms. The number of rotatable bonds is 4. The Morgan fingerprint density at radius 1 is 1.43 bits per heavy atom. The largest absolute Gasteiger partial charge is 0.427 e. The Labute approximate surface area is 81.9 Å². The molecule has 1 rings (SSSR count). The van der Waals surface area contributed by atoms with Crippen molar-refractivity contribution < 1.29 is 14.3 Å². The number of carbonyl (C=O) groups excluding carboxylic acids is 2. The van der Waals surface area contributed by atoms with Gasteiger partial charge < -0.3 is 14.8 Å². The van der Waals surface area contributed by atoms with Crippen LogP contribution in [0.1, 0.15) is 6.92 Å². The predicted molar refractivity (Wildman–Crippen MR) is 52.3 cm³/mol. The summed E-state index contributed by atoms with van der Waals surface area (Å²) in [5.41, 5.74) is 0.813. The van der Waals surface area contributed by atoms with Crippen molar-refractivity contribution in [1.82, 2.24) is 0 Å². The quantitative estimate of drug-likeness (QED) is 0.444. The van der Waals surface area contributed by atoms with Gasteiger partial charge in [-0.25, -0.2) is 0 Å². The molecular weight excluding hydrogens is 182 g/mol. The normalized spacial score (nSPS) is 9.21. The number of esters is 1. The summed E-state index contributed by atoms with van der Waals surface area (Å²) in [6.07, 6.45) is 0.778. The van der Waals surface area contributed by atoms with Gasteiger partial charge in [0, 0.05) is 12.6 Å². The highest BCUT2D eigenvalue weighted by molar-refractivity contribution is 5.69. The average Bonchev–Trinajstić information content (AvgIpc) is 2.16. The van der Waals surface area contributed by atoms with Gasteiger partial charge in [0.15, 0.2) is 0 Å². The molecule has 0 aliphatic carbocycles. The van der Waals surface area contributed by atoms with Gasteiger partial charge in [0.05, 0.1) is 6.54 Å². The van der Waals surface area contributed by atoms with Crippen LogP contribution < -0.4 is 10.1 Å². The maximum Gasteiger partial charge on any atom is 0.308 e. The number of hydrogen-bond acceptors (Lipinski definition) is 4. The van der Waals surface area contributed by atoms with Crippen LogP contribution in [0.15, 0.2) is 24.3 Å². The second kappa shape index (κ2) is 5.01. The summed E-state index contributed by atoms with van der Waals surface area (Å²) < 4.78 is 4.84. The molecule has 0 atom stereocenters. The maximum atomic E-state index is 10.6. The number of carbonyl (C=O) groups is 2. The molecule has 74 valence electrons. The molecule has 1 aromatic carbocycles. The summed E-state index contributed by atoms with van der Waals surface area (Å²) in [5, 5.41) is 2.87. The summed E-state index contributed by atoms with van der Waals surface area (Å²) >= 11 is 0. The van der Waals surface area contributed by atoms with Crippen molar-refractivity contribution in [2.45, 2.75) is 6.92 Å². The Bertz CT molecular complexity index is 319. The molecule has 0 unspecified atom stereocenters. The highest BCUT2D eigenvalue weighted by atomic mass is 16.5. The first-order valence-electron chi connectivity index (χ1n) is 4.18. The first-order valence-corrected chi connectivity index (χ1v) is 4.18. The minimum absolute atomic E-state index is 0.271. The van der Waals surface area contributed by atoms with E-state index in [1.165, 1.54) is 6.92 Å². The van der Waals surface area contributed by atoms with Crippen LogP contribution in [-0.2, 0) is 9.59 Å². The molecular formula is C10H11NO3. The summed E-state index contributed by atoms with van der Waals surface area (Å²) in [6, 6.07) is 6.80. The zero-order valence-electron chi connectivity index (χ0n) is 7.82. The Morgan fingerprint density at radius 3 is 2.57 bits per heavy atom. The van der Waals surface area contributed by atoms with Gasteiger partial charge in [-0.15, -0.1) is 0 Å². The van der Waals surface area contributed by atoms with Crippen molar-refractivity contribution in [3.8, 4) is 5.75 Å². The molecule has 0 saturated heterocycles. The van der Waals surface area contributed by atoms with E-state index in [9.17, 15) is 9.59 Å². The number of hydrogen-bond donors (Lipinski definition) is 1. The monoisotopic (exact) mass is 193 g/mol. The summed E-state index contributed by atoms with van der Waals surface area (Å²) in [7, 11) is 0. The number of ether oxygens (including phenoxy) is 1. The SMILES string of the molecule is CC(=O)Oc1ccc(NCC=O)cc1. The molecule has 4 nitrogen and oxygen atoms in total. The average molecular weight is 193 g/mol. The van der Waals surface area contributed by atoms with Crippen LogP contribution in [0.3, 0.4) is 0 Å². The van der Waals surface area contributed by atoms with Crippen molar-refractivity contribution in [2.75, 3.05) is 11.9 Å². The van der Waals surface area contributed by atoms with E-state index in [4.69, 9.17) is 4.74 Å². The Morgan fingerprint density at radius 2 is 2.07 bits per heavy atom. The second-order valence-corrected chi connectivity index (χ2v) is 2.67. The molecule has 0 fully saturated rings. The third kappa shape index (κ3) is 3.26. The lowest BCUT2D eigenvalue weighted by Crippen LogP contribution is -2.03. The minimum atomic E-state index is -0.349. The summed E-state index contributed by atoms with van der Waals surface area (Å²) in [6.45, 7) is 1.62. The fourth-order valence-corrected chi connectivity index (χ4v) is 0.966. The van der Waals surface area contributed by atoms with E-state index in [-0.39, 0.29) is 12.5 Å². The lowest BCUT2D eigenvalue weighted by Gasteiger charge is -2.04. The van der Waals surface area contributed by atoms with Gasteiger partial charge in [0.1, 0.15) is 12.0 Å². The van der Waals surface area contributed by atoms with Crippen molar-refractivity contribution in [2.24, 2.45) is 0 Å². The van der Waals surface area contributed by atoms with Gasteiger partial charge in [-0.3, -0.25) is 4.79 Å². The molecule has 0 saturated carbocycles. The van der Waals surface area contributed by atoms with E-state index in [1.807, 2.05) is 0 Å². The molecule has 14 heavy (non-hydrogen) atoms. The summed E-state index contributed by atoms with van der Waals surface area (Å²) in [5.74, 6) is 0.146. The predicted octanol–water partition coefficient (Wildman–Crippen LogP) is 1.22. The van der Waals surface area contributed by atoms with Crippen LogP contribution in [-0.4, -0.2) is 18.8 Å². The van der Waals surface area contributed by atoms with Crippen LogP contribution in [0.5, 0.6) is 5.75 Å². The third-order valence-corrected chi connectivity index (χ3v) is 1.51. The van der Waals surface area contributed by atoms with Crippen molar-refractivity contribution >= 4 is 17.9 Å². The van der Waals surface area contributed by atoms with Crippen LogP contribution in [0.25, 0.3) is 0 Å². The van der Waals surface area contributed by atoms with Crippen LogP contribution in [0.2, 0.25) is 0 Å². The smallest absolute Gasteiger partial charge is 0.308 e. The second-order valence-electron chi connectivity index (χ2n) is 2.67. The van der Waals surface area contributed by atoms with Crippen molar-refractivity contribution in [3.63, 3.8) is 0 Å². The van der Waals surface area contributed by atoms with Crippen molar-refractivity contribution in [3.05, 3.63) is 24.3 Å². The Balaban J connectivity index is 2.58. The lowest BCUT2D eigenvalue weighted by atomic mass is 10.3. The van der Waals surface area contributed by atoms with Crippen molar-refractivity contribution in [1.29, 1.82) is 0 Å². The number of benzene rings is 1. The molecule has 0 spiro atoms. The van der Waals surface area contributed by atoms with E-state index in [2.05, 4.69) is 5.32 Å². The van der Waals surface area contributed by atoms with Gasteiger partial charge in [-0.2, -0.15) is 0 Å². The number of aldehydes is 1. The zero-order valence-corrected chi connectivity index (χ0v) is 7.82. The number of nitrogens with one attached hydrogen (secondary N) is 1. The maximum absolute atomic E-state index is 10.6. The molecule has 0 aromatic heterocycles. The van der Waals surface area contributed by atoms with E-state index >= 15 is 0 Å². The molecule has 4 heteroatoms. The topological polar surface area (TPSA) is 55.4 Å². The van der Waals surface area contributed by atoms with E-state index in [0.29, 0.717) is 5.75 Å². The van der Waals surface area contributed by atoms with E-state index < -0.39 is 0 Å². The van der Waals surface area contributed by atoms with Gasteiger partial charge in [-0.1, -0.05) is 0 Å². The number of anilines is 1. The first-order chi connectivity index (χ1) is 6.72. The third-order valence-electron chi connectivity index (χ3n) is 1.51.